The van der Waals surface area contributed by atoms with Gasteiger partial charge in [-0.3, -0.25) is 9.36 Å². The van der Waals surface area contributed by atoms with Gasteiger partial charge in [0.2, 0.25) is 4.77 Å². The monoisotopic (exact) mass is 442 g/mol. The second-order valence-electron chi connectivity index (χ2n) is 7.99. The number of carbonyl (C=O) groups excluding carboxylic acids is 1. The highest BCUT2D eigenvalue weighted by atomic mass is 32.1. The average Bonchev–Trinajstić information content (AvgIpc) is 3.09. The first-order valence-electron chi connectivity index (χ1n) is 10.6. The Kier molecular flexibility index (Phi) is 6.32. The van der Waals surface area contributed by atoms with Crippen molar-refractivity contribution in [2.75, 3.05) is 5.32 Å². The summed E-state index contributed by atoms with van der Waals surface area (Å²) in [4.78, 5) is 12.9. The number of anilines is 1. The van der Waals surface area contributed by atoms with Gasteiger partial charge < -0.3 is 5.32 Å². The minimum Gasteiger partial charge on any atom is -0.378 e. The van der Waals surface area contributed by atoms with Crippen molar-refractivity contribution < 1.29 is 4.79 Å². The second kappa shape index (κ2) is 9.32. The fourth-order valence-electron chi connectivity index (χ4n) is 3.55. The van der Waals surface area contributed by atoms with Crippen LogP contribution < -0.4 is 5.32 Å². The van der Waals surface area contributed by atoms with E-state index in [1.807, 2.05) is 79.1 Å². The number of Topliss-reactive ketones (excluding diaryl/α,β-unsaturated/α-hetero) is 1. The molecule has 1 N–H and O–H groups in total. The van der Waals surface area contributed by atoms with E-state index < -0.39 is 0 Å². The van der Waals surface area contributed by atoms with Crippen molar-refractivity contribution in [1.82, 2.24) is 14.3 Å². The summed E-state index contributed by atoms with van der Waals surface area (Å²) in [6.07, 6.45) is 0. The Morgan fingerprint density at radius 3 is 2.19 bits per heavy atom. The summed E-state index contributed by atoms with van der Waals surface area (Å²) in [5.74, 6) is 0.732. The molecule has 0 saturated heterocycles. The van der Waals surface area contributed by atoms with Crippen LogP contribution in [-0.2, 0) is 13.1 Å². The van der Waals surface area contributed by atoms with Crippen molar-refractivity contribution in [3.8, 4) is 5.69 Å². The molecule has 0 aliphatic heterocycles. The van der Waals surface area contributed by atoms with E-state index in [0.29, 0.717) is 16.9 Å². The third-order valence-corrected chi connectivity index (χ3v) is 5.83. The van der Waals surface area contributed by atoms with E-state index in [1.165, 1.54) is 5.56 Å². The molecule has 0 unspecified atom stereocenters. The van der Waals surface area contributed by atoms with Gasteiger partial charge in [0, 0.05) is 11.3 Å². The molecule has 0 amide bonds. The van der Waals surface area contributed by atoms with Crippen LogP contribution in [-0.4, -0.2) is 20.1 Å². The number of hydrogen-bond acceptors (Lipinski definition) is 4. The van der Waals surface area contributed by atoms with Crippen LogP contribution in [0.2, 0.25) is 0 Å². The van der Waals surface area contributed by atoms with Gasteiger partial charge >= 0.3 is 0 Å². The SMILES string of the molecule is Cc1ccc(NCc2nn(CC(=O)c3ccc(C)cc3)c(=S)n2-c2ccccc2C)cc1. The first kappa shape index (κ1) is 21.7. The average molecular weight is 443 g/mol. The Morgan fingerprint density at radius 1 is 0.906 bits per heavy atom. The number of benzene rings is 3. The lowest BCUT2D eigenvalue weighted by Crippen LogP contribution is -2.12. The predicted octanol–water partition coefficient (Wildman–Crippen LogP) is 5.82. The van der Waals surface area contributed by atoms with Crippen molar-refractivity contribution >= 4 is 23.7 Å². The molecule has 0 fully saturated rings. The summed E-state index contributed by atoms with van der Waals surface area (Å²) in [6.45, 7) is 6.68. The number of hydrogen-bond donors (Lipinski definition) is 1. The summed E-state index contributed by atoms with van der Waals surface area (Å²) in [6, 6.07) is 23.8. The van der Waals surface area contributed by atoms with Gasteiger partial charge in [-0.15, -0.1) is 0 Å². The van der Waals surface area contributed by atoms with Crippen molar-refractivity contribution in [2.45, 2.75) is 33.9 Å². The highest BCUT2D eigenvalue weighted by Crippen LogP contribution is 2.19. The van der Waals surface area contributed by atoms with Gasteiger partial charge in [-0.1, -0.05) is 65.7 Å². The fourth-order valence-corrected chi connectivity index (χ4v) is 3.85. The molecule has 0 aliphatic carbocycles. The number of rotatable bonds is 7. The number of para-hydroxylation sites is 1. The van der Waals surface area contributed by atoms with Crippen molar-refractivity contribution in [3.05, 3.63) is 106 Å². The number of nitrogens with one attached hydrogen (secondary N) is 1. The minimum absolute atomic E-state index is 0.0198. The second-order valence-corrected chi connectivity index (χ2v) is 8.35. The quantitative estimate of drug-likeness (QED) is 0.289. The van der Waals surface area contributed by atoms with Crippen LogP contribution in [0.15, 0.2) is 72.8 Å². The van der Waals surface area contributed by atoms with Crippen molar-refractivity contribution in [1.29, 1.82) is 0 Å². The third kappa shape index (κ3) is 4.70. The molecule has 162 valence electrons. The summed E-state index contributed by atoms with van der Waals surface area (Å²) in [7, 11) is 0. The third-order valence-electron chi connectivity index (χ3n) is 5.43. The Labute approximate surface area is 193 Å². The Balaban J connectivity index is 1.68. The molecule has 0 spiro atoms. The van der Waals surface area contributed by atoms with Gasteiger partial charge in [-0.25, -0.2) is 4.68 Å². The number of ketones is 1. The Hall–Kier alpha value is -3.51. The number of nitrogens with zero attached hydrogens (tertiary/aromatic N) is 3. The van der Waals surface area contributed by atoms with E-state index in [1.54, 1.807) is 4.68 Å². The van der Waals surface area contributed by atoms with Crippen LogP contribution in [0.3, 0.4) is 0 Å². The van der Waals surface area contributed by atoms with Crippen LogP contribution in [0.4, 0.5) is 5.69 Å². The lowest BCUT2D eigenvalue weighted by atomic mass is 10.1. The van der Waals surface area contributed by atoms with Crippen molar-refractivity contribution in [2.24, 2.45) is 0 Å². The summed E-state index contributed by atoms with van der Waals surface area (Å²) in [5.41, 5.74) is 6.03. The normalized spacial score (nSPS) is 10.8. The molecule has 6 heteroatoms. The van der Waals surface area contributed by atoms with E-state index in [4.69, 9.17) is 17.3 Å². The van der Waals surface area contributed by atoms with E-state index in [2.05, 4.69) is 24.4 Å². The zero-order chi connectivity index (χ0) is 22.7. The van der Waals surface area contributed by atoms with E-state index in [-0.39, 0.29) is 12.3 Å². The van der Waals surface area contributed by atoms with Crippen molar-refractivity contribution in [3.63, 3.8) is 0 Å². The molecule has 1 aromatic heterocycles. The van der Waals surface area contributed by atoms with Gasteiger partial charge in [-0.2, -0.15) is 5.10 Å². The van der Waals surface area contributed by atoms with Gasteiger partial charge in [0.1, 0.15) is 6.54 Å². The number of aryl methyl sites for hydroxylation is 3. The van der Waals surface area contributed by atoms with Crippen LogP contribution in [0.1, 0.15) is 32.9 Å². The standard InChI is InChI=1S/C26H26N4OS/c1-18-8-12-21(13-9-18)24(31)17-29-26(32)30(23-7-5-4-6-20(23)3)25(28-29)16-27-22-14-10-19(2)11-15-22/h4-15,27H,16-17H2,1-3H3. The van der Waals surface area contributed by atoms with E-state index >= 15 is 0 Å². The maximum Gasteiger partial charge on any atom is 0.203 e. The zero-order valence-corrected chi connectivity index (χ0v) is 19.3. The molecule has 0 bridgehead atoms. The number of carbonyl (C=O) groups is 1. The van der Waals surface area contributed by atoms with Gasteiger partial charge in [0.05, 0.1) is 12.2 Å². The maximum atomic E-state index is 12.9. The van der Waals surface area contributed by atoms with Crippen LogP contribution >= 0.6 is 12.2 Å². The first-order valence-corrected chi connectivity index (χ1v) is 11.0. The maximum absolute atomic E-state index is 12.9. The molecule has 0 radical (unpaired) electrons. The molecule has 4 rings (SSSR count). The topological polar surface area (TPSA) is 51.9 Å². The van der Waals surface area contributed by atoms with Crippen LogP contribution in [0.5, 0.6) is 0 Å². The molecule has 4 aromatic rings. The molecular weight excluding hydrogens is 416 g/mol. The largest absolute Gasteiger partial charge is 0.378 e. The number of aromatic nitrogens is 3. The lowest BCUT2D eigenvalue weighted by molar-refractivity contribution is 0.0967. The summed E-state index contributed by atoms with van der Waals surface area (Å²) in [5, 5.41) is 8.16. The molecule has 0 atom stereocenters. The molecule has 1 heterocycles. The van der Waals surface area contributed by atoms with Gasteiger partial charge in [0.15, 0.2) is 11.6 Å². The summed E-state index contributed by atoms with van der Waals surface area (Å²) >= 11 is 5.78. The minimum atomic E-state index is -0.0198. The lowest BCUT2D eigenvalue weighted by Gasteiger charge is -2.11. The summed E-state index contributed by atoms with van der Waals surface area (Å²) < 4.78 is 4.07. The molecular formula is C26H26N4OS. The zero-order valence-electron chi connectivity index (χ0n) is 18.5. The Morgan fingerprint density at radius 2 is 1.53 bits per heavy atom. The van der Waals surface area contributed by atoms with Gasteiger partial charge in [0.25, 0.3) is 0 Å². The van der Waals surface area contributed by atoms with Crippen LogP contribution in [0, 0.1) is 25.5 Å². The highest BCUT2D eigenvalue weighted by molar-refractivity contribution is 7.71. The fraction of sp³-hybridized carbons (Fsp3) is 0.192. The molecule has 32 heavy (non-hydrogen) atoms. The van der Waals surface area contributed by atoms with E-state index in [0.717, 1.165) is 28.3 Å². The Bertz CT molecular complexity index is 1300. The van der Waals surface area contributed by atoms with Gasteiger partial charge in [-0.05, 0) is 56.8 Å². The first-order chi connectivity index (χ1) is 15.4. The molecule has 5 nitrogen and oxygen atoms in total. The smallest absolute Gasteiger partial charge is 0.203 e. The molecule has 3 aromatic carbocycles. The van der Waals surface area contributed by atoms with E-state index in [9.17, 15) is 4.79 Å². The molecule has 0 saturated carbocycles. The molecule has 0 aliphatic rings. The predicted molar refractivity (Wildman–Crippen MR) is 131 cm³/mol. The van der Waals surface area contributed by atoms with Crippen LogP contribution in [0.25, 0.3) is 5.69 Å². The highest BCUT2D eigenvalue weighted by Gasteiger charge is 2.16.